The quantitative estimate of drug-likeness (QED) is 0.438. The van der Waals surface area contributed by atoms with E-state index < -0.39 is 20.0 Å². The van der Waals surface area contributed by atoms with Crippen molar-refractivity contribution >= 4 is 48.7 Å². The molecule has 1 aliphatic heterocycles. The van der Waals surface area contributed by atoms with E-state index in [1.54, 1.807) is 24.3 Å². The smallest absolute Gasteiger partial charge is 0.261 e. The Morgan fingerprint density at radius 3 is 2.24 bits per heavy atom. The Hall–Kier alpha value is -2.86. The Kier molecular flexibility index (Phi) is 7.70. The molecule has 0 bridgehead atoms. The lowest BCUT2D eigenvalue weighted by atomic mass is 10.2. The Morgan fingerprint density at radius 1 is 0.946 bits per heavy atom. The van der Waals surface area contributed by atoms with Crippen LogP contribution in [-0.2, 0) is 20.0 Å². The molecule has 1 heterocycles. The molecule has 1 aliphatic rings. The lowest BCUT2D eigenvalue weighted by molar-refractivity contribution is 0.520. The summed E-state index contributed by atoms with van der Waals surface area (Å²) < 4.78 is 69.0. The van der Waals surface area contributed by atoms with E-state index in [9.17, 15) is 21.2 Å². The number of nitrogens with one attached hydrogen (secondary N) is 1. The van der Waals surface area contributed by atoms with Crippen LogP contribution < -0.4 is 14.5 Å². The molecule has 3 aromatic carbocycles. The number of likely N-dealkylation sites (N-methyl/N-ethyl adjacent to an activating group) is 1. The van der Waals surface area contributed by atoms with E-state index in [1.165, 1.54) is 44.4 Å². The standard InChI is InChI=1S/C25H28ClFN4O4S2/c1-29(2)37(34,35)21-11-9-20(10-12-21)36(32,33)28-23-6-4-5-7-25(23)30(3)19-14-15-31(17-19)24-13-8-18(26)16-22(24)27/h4-13,16,19,28H,14-15,17H2,1-3H3/t19-/m0/s1. The first kappa shape index (κ1) is 27.2. The zero-order valence-electron chi connectivity index (χ0n) is 20.6. The Bertz CT molecular complexity index is 1500. The SMILES string of the molecule is CN(c1ccccc1NS(=O)(=O)c1ccc(S(=O)(=O)N(C)C)cc1)[C@H]1CCN(c2ccc(Cl)cc2F)C1. The molecule has 8 nitrogen and oxygen atoms in total. The molecule has 0 aliphatic carbocycles. The van der Waals surface area contributed by atoms with Crippen LogP contribution in [0.1, 0.15) is 6.42 Å². The van der Waals surface area contributed by atoms with E-state index in [4.69, 9.17) is 11.6 Å². The van der Waals surface area contributed by atoms with Crippen LogP contribution in [-0.4, -0.2) is 61.4 Å². The fourth-order valence-corrected chi connectivity index (χ4v) is 6.42. The first-order valence-corrected chi connectivity index (χ1v) is 14.8. The minimum absolute atomic E-state index is 0.000467. The Labute approximate surface area is 222 Å². The Balaban J connectivity index is 1.53. The maximum atomic E-state index is 14.4. The predicted molar refractivity (Wildman–Crippen MR) is 145 cm³/mol. The summed E-state index contributed by atoms with van der Waals surface area (Å²) in [7, 11) is -2.98. The van der Waals surface area contributed by atoms with Crippen LogP contribution >= 0.6 is 11.6 Å². The highest BCUT2D eigenvalue weighted by molar-refractivity contribution is 7.92. The summed E-state index contributed by atoms with van der Waals surface area (Å²) in [5.41, 5.74) is 1.53. The van der Waals surface area contributed by atoms with Crippen molar-refractivity contribution < 1.29 is 21.2 Å². The zero-order chi connectivity index (χ0) is 27.0. The third kappa shape index (κ3) is 5.69. The van der Waals surface area contributed by atoms with E-state index in [-0.39, 0.29) is 21.7 Å². The molecule has 0 aromatic heterocycles. The molecule has 0 saturated carbocycles. The van der Waals surface area contributed by atoms with Crippen molar-refractivity contribution in [2.45, 2.75) is 22.3 Å². The summed E-state index contributed by atoms with van der Waals surface area (Å²) in [6.45, 7) is 1.20. The number of rotatable bonds is 8. The van der Waals surface area contributed by atoms with Gasteiger partial charge in [0, 0.05) is 45.3 Å². The average molecular weight is 567 g/mol. The minimum atomic E-state index is -4.00. The summed E-state index contributed by atoms with van der Waals surface area (Å²) in [5.74, 6) is -0.381. The van der Waals surface area contributed by atoms with Crippen molar-refractivity contribution in [1.82, 2.24) is 4.31 Å². The largest absolute Gasteiger partial charge is 0.368 e. The fraction of sp³-hybridized carbons (Fsp3) is 0.280. The van der Waals surface area contributed by atoms with Crippen molar-refractivity contribution in [3.63, 3.8) is 0 Å². The van der Waals surface area contributed by atoms with Crippen molar-refractivity contribution in [2.75, 3.05) is 48.8 Å². The van der Waals surface area contributed by atoms with Crippen LogP contribution in [0, 0.1) is 5.82 Å². The second-order valence-electron chi connectivity index (χ2n) is 8.98. The molecular weight excluding hydrogens is 539 g/mol. The second kappa shape index (κ2) is 10.5. The number of benzene rings is 3. The molecule has 1 atom stereocenters. The van der Waals surface area contributed by atoms with Gasteiger partial charge in [0.25, 0.3) is 10.0 Å². The van der Waals surface area contributed by atoms with Gasteiger partial charge in [-0.05, 0) is 61.0 Å². The second-order valence-corrected chi connectivity index (χ2v) is 13.2. The van der Waals surface area contributed by atoms with E-state index in [0.29, 0.717) is 35.2 Å². The molecule has 0 amide bonds. The summed E-state index contributed by atoms with van der Waals surface area (Å²) in [6.07, 6.45) is 0.751. The lowest BCUT2D eigenvalue weighted by Gasteiger charge is -2.29. The van der Waals surface area contributed by atoms with Crippen molar-refractivity contribution in [1.29, 1.82) is 0 Å². The van der Waals surface area contributed by atoms with Gasteiger partial charge in [0.2, 0.25) is 10.0 Å². The number of hydrogen-bond donors (Lipinski definition) is 1. The number of hydrogen-bond acceptors (Lipinski definition) is 6. The zero-order valence-corrected chi connectivity index (χ0v) is 23.0. The van der Waals surface area contributed by atoms with Crippen molar-refractivity contribution in [2.24, 2.45) is 0 Å². The summed E-state index contributed by atoms with van der Waals surface area (Å²) in [6, 6.07) is 16.7. The molecule has 12 heteroatoms. The van der Waals surface area contributed by atoms with E-state index in [1.807, 2.05) is 29.0 Å². The maximum Gasteiger partial charge on any atom is 0.261 e. The lowest BCUT2D eigenvalue weighted by Crippen LogP contribution is -2.35. The molecule has 4 rings (SSSR count). The number of sulfonamides is 2. The van der Waals surface area contributed by atoms with Crippen LogP contribution in [0.25, 0.3) is 0 Å². The third-order valence-electron chi connectivity index (χ3n) is 6.40. The van der Waals surface area contributed by atoms with Gasteiger partial charge in [0.1, 0.15) is 5.82 Å². The minimum Gasteiger partial charge on any atom is -0.368 e. The van der Waals surface area contributed by atoms with E-state index in [0.717, 1.165) is 10.7 Å². The molecule has 1 fully saturated rings. The summed E-state index contributed by atoms with van der Waals surface area (Å²) in [4.78, 5) is 3.87. The normalized spacial score (nSPS) is 16.3. The first-order valence-electron chi connectivity index (χ1n) is 11.5. The van der Waals surface area contributed by atoms with Gasteiger partial charge in [-0.15, -0.1) is 0 Å². The molecule has 198 valence electrons. The van der Waals surface area contributed by atoms with E-state index in [2.05, 4.69) is 4.72 Å². The first-order chi connectivity index (χ1) is 17.4. The summed E-state index contributed by atoms with van der Waals surface area (Å²) in [5, 5.41) is 0.337. The van der Waals surface area contributed by atoms with E-state index >= 15 is 0 Å². The van der Waals surface area contributed by atoms with Gasteiger partial charge in [-0.3, -0.25) is 4.72 Å². The molecule has 0 unspecified atom stereocenters. The average Bonchev–Trinajstić information content (AvgIpc) is 3.33. The summed E-state index contributed by atoms with van der Waals surface area (Å²) >= 11 is 5.89. The fourth-order valence-electron chi connectivity index (χ4n) is 4.28. The third-order valence-corrected chi connectivity index (χ3v) is 9.85. The maximum absolute atomic E-state index is 14.4. The van der Waals surface area contributed by atoms with Gasteiger partial charge in [0.05, 0.1) is 26.9 Å². The molecule has 1 N–H and O–H groups in total. The van der Waals surface area contributed by atoms with Crippen LogP contribution in [0.3, 0.4) is 0 Å². The number of nitrogens with zero attached hydrogens (tertiary/aromatic N) is 3. The van der Waals surface area contributed by atoms with Gasteiger partial charge in [-0.1, -0.05) is 23.7 Å². The van der Waals surface area contributed by atoms with Gasteiger partial charge in [-0.25, -0.2) is 25.5 Å². The molecule has 37 heavy (non-hydrogen) atoms. The molecule has 1 saturated heterocycles. The Morgan fingerprint density at radius 2 is 1.59 bits per heavy atom. The van der Waals surface area contributed by atoms with Crippen LogP contribution in [0.15, 0.2) is 76.5 Å². The van der Waals surface area contributed by atoms with Gasteiger partial charge in [0.15, 0.2) is 0 Å². The highest BCUT2D eigenvalue weighted by atomic mass is 35.5. The van der Waals surface area contributed by atoms with Crippen molar-refractivity contribution in [3.05, 3.63) is 77.6 Å². The molecule has 3 aromatic rings. The molecular formula is C25H28ClFN4O4S2. The van der Waals surface area contributed by atoms with Crippen molar-refractivity contribution in [3.8, 4) is 0 Å². The highest BCUT2D eigenvalue weighted by Crippen LogP contribution is 2.33. The van der Waals surface area contributed by atoms with Gasteiger partial charge in [-0.2, -0.15) is 0 Å². The molecule has 0 spiro atoms. The topological polar surface area (TPSA) is 90.0 Å². The van der Waals surface area contributed by atoms with Gasteiger partial charge < -0.3 is 9.80 Å². The van der Waals surface area contributed by atoms with Crippen LogP contribution in [0.5, 0.6) is 0 Å². The van der Waals surface area contributed by atoms with Crippen LogP contribution in [0.4, 0.5) is 21.5 Å². The number of anilines is 3. The monoisotopic (exact) mass is 566 g/mol. The number of para-hydroxylation sites is 2. The molecule has 0 radical (unpaired) electrons. The highest BCUT2D eigenvalue weighted by Gasteiger charge is 2.29. The predicted octanol–water partition coefficient (Wildman–Crippen LogP) is 4.25. The van der Waals surface area contributed by atoms with Crippen LogP contribution in [0.2, 0.25) is 5.02 Å². The number of halogens is 2. The van der Waals surface area contributed by atoms with Gasteiger partial charge >= 0.3 is 0 Å².